The Morgan fingerprint density at radius 3 is 3.00 bits per heavy atom. The van der Waals surface area contributed by atoms with Gasteiger partial charge in [0.2, 0.25) is 0 Å². The molecule has 3 heterocycles. The van der Waals surface area contributed by atoms with Crippen LogP contribution in [0.5, 0.6) is 5.75 Å². The van der Waals surface area contributed by atoms with Crippen LogP contribution in [0.2, 0.25) is 0 Å². The molecule has 0 aromatic carbocycles. The van der Waals surface area contributed by atoms with Gasteiger partial charge >= 0.3 is 5.97 Å². The van der Waals surface area contributed by atoms with Crippen LogP contribution in [-0.4, -0.2) is 27.7 Å². The average molecular weight is 270 g/mol. The number of hydrogen-bond donors (Lipinski definition) is 1. The minimum absolute atomic E-state index is 0.210. The molecule has 1 aliphatic heterocycles. The van der Waals surface area contributed by atoms with Crippen LogP contribution in [0.15, 0.2) is 30.6 Å². The zero-order valence-electron chi connectivity index (χ0n) is 11.0. The van der Waals surface area contributed by atoms with E-state index >= 15 is 0 Å². The molecule has 0 aliphatic carbocycles. The molecule has 5 heteroatoms. The van der Waals surface area contributed by atoms with Crippen LogP contribution >= 0.6 is 0 Å². The summed E-state index contributed by atoms with van der Waals surface area (Å²) in [5.41, 5.74) is 2.52. The lowest BCUT2D eigenvalue weighted by molar-refractivity contribution is 0.0693. The molecule has 0 unspecified atom stereocenters. The molecule has 20 heavy (non-hydrogen) atoms. The van der Waals surface area contributed by atoms with Crippen molar-refractivity contribution in [2.45, 2.75) is 13.0 Å². The van der Waals surface area contributed by atoms with E-state index in [1.165, 1.54) is 7.11 Å². The van der Waals surface area contributed by atoms with Crippen molar-refractivity contribution >= 4 is 12.0 Å². The molecule has 0 atom stereocenters. The number of fused-ring (bicyclic) bond motifs is 1. The predicted molar refractivity (Wildman–Crippen MR) is 74.8 cm³/mol. The molecular formula is C15H14N2O3. The second-order valence-corrected chi connectivity index (χ2v) is 4.53. The topological polar surface area (TPSA) is 64.3 Å². The van der Waals surface area contributed by atoms with Crippen molar-refractivity contribution in [2.24, 2.45) is 0 Å². The SMILES string of the molecule is COc1c(C(=O)O)c2n(c1-c1cccnc1)CCC=C2. The number of hydrogen-bond acceptors (Lipinski definition) is 3. The molecular weight excluding hydrogens is 256 g/mol. The number of pyridine rings is 1. The van der Waals surface area contributed by atoms with E-state index in [0.717, 1.165) is 24.2 Å². The van der Waals surface area contributed by atoms with Crippen molar-refractivity contribution in [3.63, 3.8) is 0 Å². The lowest BCUT2D eigenvalue weighted by Crippen LogP contribution is -2.07. The molecule has 102 valence electrons. The molecule has 0 saturated carbocycles. The van der Waals surface area contributed by atoms with E-state index in [9.17, 15) is 9.90 Å². The largest absolute Gasteiger partial charge is 0.494 e. The number of methoxy groups -OCH3 is 1. The Labute approximate surface area is 116 Å². The highest BCUT2D eigenvalue weighted by Gasteiger charge is 2.28. The van der Waals surface area contributed by atoms with Gasteiger partial charge in [0.25, 0.3) is 0 Å². The highest BCUT2D eigenvalue weighted by atomic mass is 16.5. The average Bonchev–Trinajstić information content (AvgIpc) is 2.82. The predicted octanol–water partition coefficient (Wildman–Crippen LogP) is 2.67. The fourth-order valence-corrected chi connectivity index (χ4v) is 2.61. The zero-order valence-corrected chi connectivity index (χ0v) is 11.0. The van der Waals surface area contributed by atoms with Crippen LogP contribution in [0.1, 0.15) is 22.5 Å². The lowest BCUT2D eigenvalue weighted by Gasteiger charge is -2.14. The standard InChI is InChI=1S/C15H14N2O3/c1-20-14-12(15(18)19)11-6-2-3-8-17(11)13(14)10-5-4-7-16-9-10/h2,4-7,9H,3,8H2,1H3,(H,18,19). The number of ether oxygens (including phenoxy) is 1. The van der Waals surface area contributed by atoms with Gasteiger partial charge in [-0.1, -0.05) is 6.08 Å². The molecule has 2 aromatic rings. The van der Waals surface area contributed by atoms with Crippen molar-refractivity contribution in [1.29, 1.82) is 0 Å². The van der Waals surface area contributed by atoms with E-state index < -0.39 is 5.97 Å². The Bertz CT molecular complexity index is 687. The molecule has 0 saturated heterocycles. The summed E-state index contributed by atoms with van der Waals surface area (Å²) in [6, 6.07) is 3.73. The number of allylic oxidation sites excluding steroid dienone is 1. The molecule has 1 N–H and O–H groups in total. The summed E-state index contributed by atoms with van der Waals surface area (Å²) in [5.74, 6) is -0.584. The van der Waals surface area contributed by atoms with Gasteiger partial charge in [-0.05, 0) is 24.6 Å². The Hall–Kier alpha value is -2.56. The van der Waals surface area contributed by atoms with Gasteiger partial charge in [-0.15, -0.1) is 0 Å². The highest BCUT2D eigenvalue weighted by Crippen LogP contribution is 2.40. The molecule has 0 fully saturated rings. The van der Waals surface area contributed by atoms with Crippen molar-refractivity contribution in [3.8, 4) is 17.0 Å². The van der Waals surface area contributed by atoms with Crippen molar-refractivity contribution in [2.75, 3.05) is 7.11 Å². The third-order valence-electron chi connectivity index (χ3n) is 3.41. The minimum atomic E-state index is -0.979. The van der Waals surface area contributed by atoms with Gasteiger partial charge in [0.1, 0.15) is 5.56 Å². The van der Waals surface area contributed by atoms with Gasteiger partial charge in [-0.25, -0.2) is 4.79 Å². The number of carboxylic acid groups (broad SMARTS) is 1. The fourth-order valence-electron chi connectivity index (χ4n) is 2.61. The van der Waals surface area contributed by atoms with Gasteiger partial charge < -0.3 is 14.4 Å². The third kappa shape index (κ3) is 1.79. The molecule has 0 radical (unpaired) electrons. The highest BCUT2D eigenvalue weighted by molar-refractivity contribution is 5.98. The molecule has 1 aliphatic rings. The minimum Gasteiger partial charge on any atom is -0.494 e. The molecule has 2 aromatic heterocycles. The lowest BCUT2D eigenvalue weighted by atomic mass is 10.1. The quantitative estimate of drug-likeness (QED) is 0.931. The van der Waals surface area contributed by atoms with Gasteiger partial charge in [0.05, 0.1) is 18.5 Å². The van der Waals surface area contributed by atoms with Crippen LogP contribution < -0.4 is 4.74 Å². The van der Waals surface area contributed by atoms with Gasteiger partial charge in [-0.3, -0.25) is 4.98 Å². The summed E-state index contributed by atoms with van der Waals surface area (Å²) >= 11 is 0. The van der Waals surface area contributed by atoms with Gasteiger partial charge in [0.15, 0.2) is 5.75 Å². The first-order chi connectivity index (χ1) is 9.74. The maximum atomic E-state index is 11.6. The van der Waals surface area contributed by atoms with Crippen molar-refractivity contribution in [3.05, 3.63) is 41.9 Å². The monoisotopic (exact) mass is 270 g/mol. The first-order valence-corrected chi connectivity index (χ1v) is 6.34. The molecule has 3 rings (SSSR count). The Morgan fingerprint density at radius 2 is 2.35 bits per heavy atom. The second-order valence-electron chi connectivity index (χ2n) is 4.53. The summed E-state index contributed by atoms with van der Waals surface area (Å²) in [4.78, 5) is 15.7. The molecule has 5 nitrogen and oxygen atoms in total. The van der Waals surface area contributed by atoms with Crippen LogP contribution in [0.25, 0.3) is 17.3 Å². The maximum Gasteiger partial charge on any atom is 0.341 e. The maximum absolute atomic E-state index is 11.6. The normalized spacial score (nSPS) is 13.1. The number of nitrogens with zero attached hydrogens (tertiary/aromatic N) is 2. The van der Waals surface area contributed by atoms with Crippen LogP contribution in [0, 0.1) is 0 Å². The first-order valence-electron chi connectivity index (χ1n) is 6.34. The molecule has 0 bridgehead atoms. The summed E-state index contributed by atoms with van der Waals surface area (Å²) in [5, 5.41) is 9.47. The number of aromatic nitrogens is 2. The molecule has 0 spiro atoms. The molecule has 0 amide bonds. The van der Waals surface area contributed by atoms with Crippen LogP contribution in [-0.2, 0) is 6.54 Å². The van der Waals surface area contributed by atoms with E-state index in [1.807, 2.05) is 28.9 Å². The summed E-state index contributed by atoms with van der Waals surface area (Å²) < 4.78 is 7.37. The van der Waals surface area contributed by atoms with Crippen molar-refractivity contribution < 1.29 is 14.6 Å². The third-order valence-corrected chi connectivity index (χ3v) is 3.41. The first kappa shape index (κ1) is 12.5. The van der Waals surface area contributed by atoms with Crippen molar-refractivity contribution in [1.82, 2.24) is 9.55 Å². The Morgan fingerprint density at radius 1 is 1.50 bits per heavy atom. The van der Waals surface area contributed by atoms with E-state index in [0.29, 0.717) is 11.4 Å². The number of aromatic carboxylic acids is 1. The fraction of sp³-hybridized carbons (Fsp3) is 0.200. The van der Waals surface area contributed by atoms with E-state index in [1.54, 1.807) is 12.4 Å². The van der Waals surface area contributed by atoms with Crippen LogP contribution in [0.4, 0.5) is 0 Å². The van der Waals surface area contributed by atoms with E-state index in [4.69, 9.17) is 4.74 Å². The van der Waals surface area contributed by atoms with Gasteiger partial charge in [0, 0.05) is 24.5 Å². The van der Waals surface area contributed by atoms with Crippen LogP contribution in [0.3, 0.4) is 0 Å². The van der Waals surface area contributed by atoms with Gasteiger partial charge in [-0.2, -0.15) is 0 Å². The zero-order chi connectivity index (χ0) is 14.1. The Balaban J connectivity index is 2.34. The van der Waals surface area contributed by atoms with E-state index in [2.05, 4.69) is 4.98 Å². The summed E-state index contributed by atoms with van der Waals surface area (Å²) in [7, 11) is 1.50. The summed E-state index contributed by atoms with van der Waals surface area (Å²) in [6.45, 7) is 0.736. The number of carboxylic acids is 1. The van der Waals surface area contributed by atoms with E-state index in [-0.39, 0.29) is 5.56 Å². The number of rotatable bonds is 3. The number of carbonyl (C=O) groups is 1. The Kier molecular flexibility index (Phi) is 3.02. The second kappa shape index (κ2) is 4.85. The smallest absolute Gasteiger partial charge is 0.341 e. The summed E-state index contributed by atoms with van der Waals surface area (Å²) in [6.07, 6.45) is 8.10.